The number of benzene rings is 2. The summed E-state index contributed by atoms with van der Waals surface area (Å²) in [6.07, 6.45) is 0.728. The Hall–Kier alpha value is -2.05. The maximum atomic E-state index is 13.3. The summed E-state index contributed by atoms with van der Waals surface area (Å²) in [4.78, 5) is 28.8. The number of hydrogen-bond donors (Lipinski definition) is 0. The third-order valence-corrected chi connectivity index (χ3v) is 6.77. The predicted octanol–water partition coefficient (Wildman–Crippen LogP) is 4.60. The highest BCUT2D eigenvalue weighted by Gasteiger charge is 2.39. The first kappa shape index (κ1) is 20.7. The van der Waals surface area contributed by atoms with Crippen molar-refractivity contribution in [3.8, 4) is 0 Å². The van der Waals surface area contributed by atoms with Gasteiger partial charge in [-0.05, 0) is 36.2 Å². The van der Waals surface area contributed by atoms with Gasteiger partial charge in [0.2, 0.25) is 5.91 Å². The van der Waals surface area contributed by atoms with Crippen molar-refractivity contribution < 1.29 is 14.0 Å². The van der Waals surface area contributed by atoms with Gasteiger partial charge < -0.3 is 9.80 Å². The normalized spacial score (nSPS) is 19.1. The molecule has 0 saturated carbocycles. The minimum Gasteiger partial charge on any atom is -0.340 e. The van der Waals surface area contributed by atoms with Crippen LogP contribution < -0.4 is 0 Å². The van der Waals surface area contributed by atoms with Gasteiger partial charge in [-0.3, -0.25) is 9.59 Å². The Kier molecular flexibility index (Phi) is 6.62. The van der Waals surface area contributed by atoms with E-state index in [4.69, 9.17) is 11.6 Å². The summed E-state index contributed by atoms with van der Waals surface area (Å²) in [5.41, 5.74) is 1.33. The molecule has 0 bridgehead atoms. The molecule has 1 aliphatic heterocycles. The topological polar surface area (TPSA) is 40.6 Å². The maximum absolute atomic E-state index is 13.3. The molecule has 2 aromatic rings. The van der Waals surface area contributed by atoms with Crippen LogP contribution in [0.2, 0.25) is 5.02 Å². The molecule has 2 unspecified atom stereocenters. The smallest absolute Gasteiger partial charge is 0.255 e. The summed E-state index contributed by atoms with van der Waals surface area (Å²) in [5, 5.41) is 0.101. The van der Waals surface area contributed by atoms with Crippen molar-refractivity contribution in [2.45, 2.75) is 24.0 Å². The van der Waals surface area contributed by atoms with E-state index in [2.05, 4.69) is 0 Å². The Balaban J connectivity index is 1.73. The quantitative estimate of drug-likeness (QED) is 0.685. The van der Waals surface area contributed by atoms with Crippen LogP contribution in [0.3, 0.4) is 0 Å². The largest absolute Gasteiger partial charge is 0.340 e. The van der Waals surface area contributed by atoms with E-state index in [0.717, 1.165) is 12.0 Å². The van der Waals surface area contributed by atoms with Crippen molar-refractivity contribution in [2.24, 2.45) is 0 Å². The molecule has 7 heteroatoms. The average molecular weight is 421 g/mol. The Morgan fingerprint density at radius 3 is 2.54 bits per heavy atom. The lowest BCUT2D eigenvalue weighted by molar-refractivity contribution is -0.130. The minimum atomic E-state index is -0.304. The van der Waals surface area contributed by atoms with Crippen LogP contribution in [0.4, 0.5) is 4.39 Å². The third-order valence-electron chi connectivity index (χ3n) is 4.79. The highest BCUT2D eigenvalue weighted by atomic mass is 35.5. The molecule has 1 heterocycles. The fourth-order valence-corrected chi connectivity index (χ4v) is 4.81. The predicted molar refractivity (Wildman–Crippen MR) is 111 cm³/mol. The van der Waals surface area contributed by atoms with E-state index in [1.807, 2.05) is 6.92 Å². The van der Waals surface area contributed by atoms with E-state index in [9.17, 15) is 14.0 Å². The fraction of sp³-hybridized carbons (Fsp3) is 0.333. The summed E-state index contributed by atoms with van der Waals surface area (Å²) < 4.78 is 13.3. The van der Waals surface area contributed by atoms with Crippen LogP contribution in [0.25, 0.3) is 0 Å². The molecule has 28 heavy (non-hydrogen) atoms. The SMILES string of the molecule is CCC1SC(c2ccc(F)cc2)N(CCN(C)C(=O)c2ccccc2Cl)C1=O. The molecule has 148 valence electrons. The highest BCUT2D eigenvalue weighted by Crippen LogP contribution is 2.44. The lowest BCUT2D eigenvalue weighted by Gasteiger charge is -2.27. The number of likely N-dealkylation sites (N-methyl/N-ethyl adjacent to an activating group) is 1. The minimum absolute atomic E-state index is 0.0559. The summed E-state index contributed by atoms with van der Waals surface area (Å²) in [6, 6.07) is 13.1. The molecule has 0 aliphatic carbocycles. The molecule has 2 aromatic carbocycles. The second kappa shape index (κ2) is 8.97. The molecule has 2 amide bonds. The summed E-state index contributed by atoms with van der Waals surface area (Å²) in [6.45, 7) is 2.76. The van der Waals surface area contributed by atoms with Gasteiger partial charge in [0.15, 0.2) is 0 Å². The molecule has 0 N–H and O–H groups in total. The zero-order valence-corrected chi connectivity index (χ0v) is 17.3. The molecule has 1 aliphatic rings. The fourth-order valence-electron chi connectivity index (χ4n) is 3.17. The molecule has 3 rings (SSSR count). The zero-order valence-electron chi connectivity index (χ0n) is 15.8. The molecule has 2 atom stereocenters. The number of thioether (sulfide) groups is 1. The van der Waals surface area contributed by atoms with Crippen LogP contribution in [-0.2, 0) is 4.79 Å². The number of halogens is 2. The Bertz CT molecular complexity index is 862. The lowest BCUT2D eigenvalue weighted by Crippen LogP contribution is -2.39. The van der Waals surface area contributed by atoms with Gasteiger partial charge in [-0.25, -0.2) is 4.39 Å². The molecule has 1 saturated heterocycles. The van der Waals surface area contributed by atoms with Gasteiger partial charge in [0.05, 0.1) is 15.8 Å². The monoisotopic (exact) mass is 420 g/mol. The van der Waals surface area contributed by atoms with Gasteiger partial charge in [-0.1, -0.05) is 42.8 Å². The maximum Gasteiger partial charge on any atom is 0.255 e. The van der Waals surface area contributed by atoms with E-state index in [-0.39, 0.29) is 28.3 Å². The van der Waals surface area contributed by atoms with Gasteiger partial charge in [-0.2, -0.15) is 0 Å². The van der Waals surface area contributed by atoms with Crippen molar-refractivity contribution in [1.82, 2.24) is 9.80 Å². The van der Waals surface area contributed by atoms with Crippen LogP contribution >= 0.6 is 23.4 Å². The van der Waals surface area contributed by atoms with Gasteiger partial charge in [-0.15, -0.1) is 11.8 Å². The van der Waals surface area contributed by atoms with E-state index in [1.54, 1.807) is 65.0 Å². The lowest BCUT2D eigenvalue weighted by atomic mass is 10.2. The molecule has 1 fully saturated rings. The van der Waals surface area contributed by atoms with Gasteiger partial charge in [0.1, 0.15) is 11.2 Å². The van der Waals surface area contributed by atoms with E-state index < -0.39 is 0 Å². The van der Waals surface area contributed by atoms with E-state index in [1.165, 1.54) is 12.1 Å². The van der Waals surface area contributed by atoms with Crippen molar-refractivity contribution in [3.63, 3.8) is 0 Å². The van der Waals surface area contributed by atoms with Crippen molar-refractivity contribution >= 4 is 35.2 Å². The molecule has 4 nitrogen and oxygen atoms in total. The standard InChI is InChI=1S/C21H22ClFN2O2S/c1-3-18-20(27)25(21(28-18)14-8-10-15(23)11-9-14)13-12-24(2)19(26)16-6-4-5-7-17(16)22/h4-11,18,21H,3,12-13H2,1-2H3. The summed E-state index contributed by atoms with van der Waals surface area (Å²) in [7, 11) is 1.70. The molecular weight excluding hydrogens is 399 g/mol. The molecule has 0 radical (unpaired) electrons. The first-order valence-corrected chi connectivity index (χ1v) is 10.5. The van der Waals surface area contributed by atoms with Crippen LogP contribution in [0.1, 0.15) is 34.6 Å². The van der Waals surface area contributed by atoms with Gasteiger partial charge >= 0.3 is 0 Å². The summed E-state index contributed by atoms with van der Waals surface area (Å²) >= 11 is 7.70. The van der Waals surface area contributed by atoms with E-state index in [0.29, 0.717) is 23.7 Å². The number of carbonyl (C=O) groups excluding carboxylic acids is 2. The third kappa shape index (κ3) is 4.33. The van der Waals surface area contributed by atoms with Crippen molar-refractivity contribution in [2.75, 3.05) is 20.1 Å². The number of hydrogen-bond acceptors (Lipinski definition) is 3. The first-order chi connectivity index (χ1) is 13.4. The Labute approximate surface area is 173 Å². The number of carbonyl (C=O) groups is 2. The second-order valence-electron chi connectivity index (χ2n) is 6.68. The average Bonchev–Trinajstić information content (AvgIpc) is 3.02. The van der Waals surface area contributed by atoms with E-state index >= 15 is 0 Å². The molecule has 0 aromatic heterocycles. The second-order valence-corrected chi connectivity index (χ2v) is 8.37. The molecule has 0 spiro atoms. The highest BCUT2D eigenvalue weighted by molar-refractivity contribution is 8.01. The molecular formula is C21H22ClFN2O2S. The Morgan fingerprint density at radius 1 is 1.21 bits per heavy atom. The van der Waals surface area contributed by atoms with Crippen molar-refractivity contribution in [1.29, 1.82) is 0 Å². The first-order valence-electron chi connectivity index (χ1n) is 9.13. The van der Waals surface area contributed by atoms with Crippen LogP contribution in [0.5, 0.6) is 0 Å². The van der Waals surface area contributed by atoms with Crippen LogP contribution in [-0.4, -0.2) is 47.0 Å². The number of nitrogens with zero attached hydrogens (tertiary/aromatic N) is 2. The Morgan fingerprint density at radius 2 is 1.89 bits per heavy atom. The zero-order chi connectivity index (χ0) is 20.3. The van der Waals surface area contributed by atoms with Crippen LogP contribution in [0.15, 0.2) is 48.5 Å². The number of rotatable bonds is 6. The van der Waals surface area contributed by atoms with Gasteiger partial charge in [0, 0.05) is 20.1 Å². The number of amides is 2. The van der Waals surface area contributed by atoms with Crippen molar-refractivity contribution in [3.05, 3.63) is 70.5 Å². The summed E-state index contributed by atoms with van der Waals surface area (Å²) in [5.74, 6) is -0.433. The van der Waals surface area contributed by atoms with Crippen LogP contribution in [0, 0.1) is 5.82 Å². The van der Waals surface area contributed by atoms with Gasteiger partial charge in [0.25, 0.3) is 5.91 Å².